The molecule has 0 saturated carbocycles. The Morgan fingerprint density at radius 1 is 0.818 bits per heavy atom. The summed E-state index contributed by atoms with van der Waals surface area (Å²) in [5.41, 5.74) is 3.87. The molecule has 3 aliphatic heterocycles. The zero-order chi connectivity index (χ0) is 30.6. The van der Waals surface area contributed by atoms with Gasteiger partial charge in [0, 0.05) is 50.1 Å². The van der Waals surface area contributed by atoms with E-state index in [1.807, 2.05) is 13.1 Å². The Morgan fingerprint density at radius 2 is 1.52 bits per heavy atom. The highest BCUT2D eigenvalue weighted by atomic mass is 16.4. The van der Waals surface area contributed by atoms with Crippen LogP contribution in [0.1, 0.15) is 68.9 Å². The Labute approximate surface area is 255 Å². The van der Waals surface area contributed by atoms with E-state index < -0.39 is 5.97 Å². The maximum atomic E-state index is 13.6. The van der Waals surface area contributed by atoms with Crippen LogP contribution in [0.15, 0.2) is 60.8 Å². The summed E-state index contributed by atoms with van der Waals surface area (Å²) in [6.45, 7) is 8.27. The van der Waals surface area contributed by atoms with E-state index in [1.165, 1.54) is 17.7 Å². The average molecular weight is 594 g/mol. The number of aromatic carboxylic acids is 1. The first kappa shape index (κ1) is 28.0. The summed E-state index contributed by atoms with van der Waals surface area (Å²) < 4.78 is 1.73. The number of likely N-dealkylation sites (tertiary alicyclic amines) is 2. The summed E-state index contributed by atoms with van der Waals surface area (Å²) in [7, 11) is 0. The Balaban J connectivity index is 1.04. The first-order valence-corrected chi connectivity index (χ1v) is 15.1. The van der Waals surface area contributed by atoms with Crippen LogP contribution in [0.25, 0.3) is 5.65 Å². The standard InChI is InChI=1S/C33H35N7O4/c1-22-17-24(37-14-11-32(2,19-37)23-7-4-3-5-8-23)18-40-28(22)35-27(36-40)30(42)39-16-13-33(21-39)12-15-38(20-33)29(41)25-9-6-10-26(34-25)31(43)44/h3-10,17-18H,11-16,19-21H2,1-2H3,(H,43,44)/t32-,33+/m0/s1. The summed E-state index contributed by atoms with van der Waals surface area (Å²) in [5, 5.41) is 13.9. The zero-order valence-electron chi connectivity index (χ0n) is 24.9. The topological polar surface area (TPSA) is 124 Å². The molecule has 4 aromatic rings. The number of hydrogen-bond acceptors (Lipinski definition) is 7. The minimum atomic E-state index is -1.17. The van der Waals surface area contributed by atoms with Crippen LogP contribution in [0.3, 0.4) is 0 Å². The molecule has 11 heteroatoms. The van der Waals surface area contributed by atoms with Crippen LogP contribution in [0, 0.1) is 12.3 Å². The number of anilines is 1. The molecule has 2 atom stereocenters. The summed E-state index contributed by atoms with van der Waals surface area (Å²) in [6, 6.07) is 17.2. The molecule has 1 N–H and O–H groups in total. The maximum Gasteiger partial charge on any atom is 0.354 e. The van der Waals surface area contributed by atoms with Crippen LogP contribution in [0.2, 0.25) is 0 Å². The number of carboxylic acids is 1. The van der Waals surface area contributed by atoms with Gasteiger partial charge in [0.15, 0.2) is 5.65 Å². The summed E-state index contributed by atoms with van der Waals surface area (Å²) in [6.07, 6.45) is 4.57. The number of rotatable bonds is 5. The van der Waals surface area contributed by atoms with E-state index in [1.54, 1.807) is 20.4 Å². The third-order valence-corrected chi connectivity index (χ3v) is 9.74. The Hall–Kier alpha value is -4.80. The molecular weight excluding hydrogens is 558 g/mol. The van der Waals surface area contributed by atoms with Crippen molar-refractivity contribution >= 4 is 29.1 Å². The fourth-order valence-electron chi connectivity index (χ4n) is 7.18. The number of benzene rings is 1. The van der Waals surface area contributed by atoms with E-state index in [-0.39, 0.29) is 39.9 Å². The summed E-state index contributed by atoms with van der Waals surface area (Å²) in [5.74, 6) is -1.48. The van der Waals surface area contributed by atoms with Crippen molar-refractivity contribution in [1.82, 2.24) is 29.4 Å². The predicted molar refractivity (Wildman–Crippen MR) is 163 cm³/mol. The zero-order valence-corrected chi connectivity index (χ0v) is 24.9. The number of pyridine rings is 2. The van der Waals surface area contributed by atoms with Crippen molar-refractivity contribution in [3.05, 3.63) is 89.1 Å². The van der Waals surface area contributed by atoms with Gasteiger partial charge >= 0.3 is 5.97 Å². The van der Waals surface area contributed by atoms with Crippen molar-refractivity contribution in [2.75, 3.05) is 44.2 Å². The number of carbonyl (C=O) groups excluding carboxylic acids is 2. The largest absolute Gasteiger partial charge is 0.477 e. The quantitative estimate of drug-likeness (QED) is 0.372. The van der Waals surface area contributed by atoms with Gasteiger partial charge in [-0.1, -0.05) is 43.3 Å². The smallest absolute Gasteiger partial charge is 0.354 e. The molecule has 0 aliphatic carbocycles. The number of fused-ring (bicyclic) bond motifs is 1. The molecule has 44 heavy (non-hydrogen) atoms. The van der Waals surface area contributed by atoms with Gasteiger partial charge in [-0.2, -0.15) is 0 Å². The molecule has 3 saturated heterocycles. The Kier molecular flexibility index (Phi) is 6.64. The Bertz CT molecular complexity index is 1790. The number of aryl methyl sites for hydroxylation is 1. The second kappa shape index (κ2) is 10.4. The van der Waals surface area contributed by atoms with E-state index in [4.69, 9.17) is 0 Å². The molecule has 6 heterocycles. The first-order valence-electron chi connectivity index (χ1n) is 15.1. The van der Waals surface area contributed by atoms with E-state index in [9.17, 15) is 19.5 Å². The van der Waals surface area contributed by atoms with Gasteiger partial charge in [0.1, 0.15) is 11.4 Å². The van der Waals surface area contributed by atoms with Gasteiger partial charge in [0.2, 0.25) is 5.82 Å². The highest BCUT2D eigenvalue weighted by Gasteiger charge is 2.47. The van der Waals surface area contributed by atoms with Crippen molar-refractivity contribution in [2.45, 2.75) is 38.5 Å². The molecule has 226 valence electrons. The fraction of sp³-hybridized carbons (Fsp3) is 0.394. The van der Waals surface area contributed by atoms with Gasteiger partial charge in [-0.3, -0.25) is 9.59 Å². The number of hydrogen-bond donors (Lipinski definition) is 1. The molecular formula is C33H35N7O4. The van der Waals surface area contributed by atoms with Crippen LogP contribution in [0.5, 0.6) is 0 Å². The van der Waals surface area contributed by atoms with Gasteiger partial charge in [0.25, 0.3) is 11.8 Å². The minimum Gasteiger partial charge on any atom is -0.477 e. The predicted octanol–water partition coefficient (Wildman–Crippen LogP) is 3.68. The van der Waals surface area contributed by atoms with Crippen molar-refractivity contribution in [3.63, 3.8) is 0 Å². The van der Waals surface area contributed by atoms with E-state index in [0.29, 0.717) is 31.8 Å². The lowest BCUT2D eigenvalue weighted by molar-refractivity contribution is 0.0689. The van der Waals surface area contributed by atoms with Crippen LogP contribution in [-0.2, 0) is 5.41 Å². The minimum absolute atomic E-state index is 0.0682. The molecule has 0 radical (unpaired) electrons. The molecule has 3 aliphatic rings. The number of aromatic nitrogens is 4. The fourth-order valence-corrected chi connectivity index (χ4v) is 7.18. The van der Waals surface area contributed by atoms with Gasteiger partial charge in [0.05, 0.1) is 11.9 Å². The van der Waals surface area contributed by atoms with E-state index >= 15 is 0 Å². The lowest BCUT2D eigenvalue weighted by atomic mass is 9.82. The van der Waals surface area contributed by atoms with Gasteiger partial charge < -0.3 is 19.8 Å². The van der Waals surface area contributed by atoms with Crippen molar-refractivity contribution < 1.29 is 19.5 Å². The van der Waals surface area contributed by atoms with Crippen LogP contribution < -0.4 is 4.90 Å². The lowest BCUT2D eigenvalue weighted by Crippen LogP contribution is -2.36. The molecule has 3 fully saturated rings. The van der Waals surface area contributed by atoms with E-state index in [2.05, 4.69) is 63.3 Å². The van der Waals surface area contributed by atoms with Gasteiger partial charge in [-0.05, 0) is 55.5 Å². The molecule has 1 aromatic carbocycles. The van der Waals surface area contributed by atoms with Crippen molar-refractivity contribution in [3.8, 4) is 0 Å². The normalized spacial score (nSPS) is 23.3. The highest BCUT2D eigenvalue weighted by molar-refractivity contribution is 5.94. The van der Waals surface area contributed by atoms with Crippen molar-refractivity contribution in [2.24, 2.45) is 5.41 Å². The number of nitrogens with zero attached hydrogens (tertiary/aromatic N) is 7. The molecule has 11 nitrogen and oxygen atoms in total. The van der Waals surface area contributed by atoms with Gasteiger partial charge in [-0.25, -0.2) is 19.3 Å². The SMILES string of the molecule is Cc1cc(N2CC[C@](C)(c3ccccc3)C2)cn2nc(C(=O)N3CC[C@@]4(CCN(C(=O)c5cccc(C(=O)O)n5)C4)C3)nc12. The molecule has 3 aromatic heterocycles. The van der Waals surface area contributed by atoms with E-state index in [0.717, 1.165) is 43.6 Å². The van der Waals surface area contributed by atoms with Gasteiger partial charge in [-0.15, -0.1) is 5.10 Å². The van der Waals surface area contributed by atoms with Crippen LogP contribution in [0.4, 0.5) is 5.69 Å². The molecule has 1 spiro atoms. The molecule has 2 amide bonds. The van der Waals surface area contributed by atoms with Crippen LogP contribution in [-0.4, -0.2) is 91.5 Å². The average Bonchev–Trinajstić information content (AvgIpc) is 3.84. The molecule has 0 unspecified atom stereocenters. The second-order valence-corrected chi connectivity index (χ2v) is 12.8. The first-order chi connectivity index (χ1) is 21.1. The number of amides is 2. The second-order valence-electron chi connectivity index (χ2n) is 12.8. The lowest BCUT2D eigenvalue weighted by Gasteiger charge is -2.26. The van der Waals surface area contributed by atoms with Crippen molar-refractivity contribution in [1.29, 1.82) is 0 Å². The third kappa shape index (κ3) is 4.86. The monoisotopic (exact) mass is 593 g/mol. The summed E-state index contributed by atoms with van der Waals surface area (Å²) in [4.78, 5) is 52.6. The molecule has 7 rings (SSSR count). The Morgan fingerprint density at radius 3 is 2.25 bits per heavy atom. The molecule has 0 bridgehead atoms. The van der Waals surface area contributed by atoms with Crippen LogP contribution >= 0.6 is 0 Å². The number of carbonyl (C=O) groups is 3. The highest BCUT2D eigenvalue weighted by Crippen LogP contribution is 2.40. The third-order valence-electron chi connectivity index (χ3n) is 9.74. The number of carboxylic acid groups (broad SMARTS) is 1. The summed E-state index contributed by atoms with van der Waals surface area (Å²) >= 11 is 0. The maximum absolute atomic E-state index is 13.6.